The van der Waals surface area contributed by atoms with Gasteiger partial charge < -0.3 is 25.1 Å². The van der Waals surface area contributed by atoms with Crippen molar-refractivity contribution in [2.24, 2.45) is 0 Å². The van der Waals surface area contributed by atoms with Gasteiger partial charge in [0.15, 0.2) is 0 Å². The van der Waals surface area contributed by atoms with E-state index in [2.05, 4.69) is 20.2 Å². The van der Waals surface area contributed by atoms with E-state index in [-0.39, 0.29) is 11.7 Å². The number of nitrogens with one attached hydrogen (secondary N) is 3. The molecule has 0 bridgehead atoms. The zero-order valence-electron chi connectivity index (χ0n) is 12.7. The minimum absolute atomic E-state index is 0.0203. The second-order valence-corrected chi connectivity index (χ2v) is 5.52. The third kappa shape index (κ3) is 2.93. The van der Waals surface area contributed by atoms with Crippen LogP contribution in [0.15, 0.2) is 23.0 Å². The zero-order chi connectivity index (χ0) is 15.5. The number of anilines is 1. The lowest BCUT2D eigenvalue weighted by Crippen LogP contribution is -2.52. The standard InChI is InChI=1S/C15H21N5O2/c1-2-5-16-15(22)20-8-6-19(7-9-20)11-3-4-12-13(10-11)18-14(21)17-12/h3-4,10H,2,5-9H2,1H3,(H,16,22)(H2,17,18,21). The Morgan fingerprint density at radius 2 is 1.91 bits per heavy atom. The first kappa shape index (κ1) is 14.5. The maximum Gasteiger partial charge on any atom is 0.323 e. The predicted octanol–water partition coefficient (Wildman–Crippen LogP) is 1.10. The molecule has 1 aromatic heterocycles. The molecule has 0 spiro atoms. The highest BCUT2D eigenvalue weighted by Crippen LogP contribution is 2.20. The van der Waals surface area contributed by atoms with Gasteiger partial charge in [0.25, 0.3) is 0 Å². The third-order valence-corrected chi connectivity index (χ3v) is 3.96. The van der Waals surface area contributed by atoms with Crippen molar-refractivity contribution >= 4 is 22.8 Å². The fourth-order valence-corrected chi connectivity index (χ4v) is 2.73. The Hall–Kier alpha value is -2.44. The van der Waals surface area contributed by atoms with Gasteiger partial charge in [0, 0.05) is 38.4 Å². The number of aromatic amines is 2. The summed E-state index contributed by atoms with van der Waals surface area (Å²) in [4.78, 5) is 32.8. The maximum absolute atomic E-state index is 11.9. The summed E-state index contributed by atoms with van der Waals surface area (Å²) < 4.78 is 0. The van der Waals surface area contributed by atoms with Crippen molar-refractivity contribution < 1.29 is 4.79 Å². The molecule has 2 aromatic rings. The minimum Gasteiger partial charge on any atom is -0.368 e. The largest absolute Gasteiger partial charge is 0.368 e. The minimum atomic E-state index is -0.190. The Balaban J connectivity index is 1.64. The lowest BCUT2D eigenvalue weighted by Gasteiger charge is -2.36. The number of carbonyl (C=O) groups is 1. The van der Waals surface area contributed by atoms with Crippen molar-refractivity contribution in [1.29, 1.82) is 0 Å². The number of piperazine rings is 1. The van der Waals surface area contributed by atoms with Gasteiger partial charge in [-0.25, -0.2) is 9.59 Å². The summed E-state index contributed by atoms with van der Waals surface area (Å²) in [5.41, 5.74) is 2.50. The number of rotatable bonds is 3. The monoisotopic (exact) mass is 303 g/mol. The average Bonchev–Trinajstić information content (AvgIpc) is 2.91. The van der Waals surface area contributed by atoms with Crippen LogP contribution in [0.4, 0.5) is 10.5 Å². The highest BCUT2D eigenvalue weighted by atomic mass is 16.2. The molecule has 2 amide bonds. The molecule has 3 N–H and O–H groups in total. The number of benzene rings is 1. The normalized spacial score (nSPS) is 15.3. The van der Waals surface area contributed by atoms with E-state index >= 15 is 0 Å². The Morgan fingerprint density at radius 1 is 1.18 bits per heavy atom. The Kier molecular flexibility index (Phi) is 4.04. The fourth-order valence-electron chi connectivity index (χ4n) is 2.73. The van der Waals surface area contributed by atoms with E-state index in [1.807, 2.05) is 30.0 Å². The van der Waals surface area contributed by atoms with Crippen LogP contribution in [-0.4, -0.2) is 53.6 Å². The summed E-state index contributed by atoms with van der Waals surface area (Å²) >= 11 is 0. The van der Waals surface area contributed by atoms with E-state index in [4.69, 9.17) is 0 Å². The van der Waals surface area contributed by atoms with Crippen molar-refractivity contribution in [2.75, 3.05) is 37.6 Å². The molecule has 1 aliphatic rings. The summed E-state index contributed by atoms with van der Waals surface area (Å²) in [6.07, 6.45) is 0.945. The van der Waals surface area contributed by atoms with Gasteiger partial charge in [-0.2, -0.15) is 0 Å². The molecular formula is C15H21N5O2. The molecule has 0 saturated carbocycles. The van der Waals surface area contributed by atoms with E-state index < -0.39 is 0 Å². The number of amides is 2. The van der Waals surface area contributed by atoms with Crippen LogP contribution in [0.3, 0.4) is 0 Å². The molecule has 0 atom stereocenters. The molecule has 118 valence electrons. The summed E-state index contributed by atoms with van der Waals surface area (Å²) in [7, 11) is 0. The molecule has 7 heteroatoms. The van der Waals surface area contributed by atoms with Crippen LogP contribution < -0.4 is 15.9 Å². The Labute approximate surface area is 128 Å². The second-order valence-electron chi connectivity index (χ2n) is 5.52. The number of imidazole rings is 1. The van der Waals surface area contributed by atoms with Gasteiger partial charge >= 0.3 is 11.7 Å². The molecule has 3 rings (SSSR count). The Bertz CT molecular complexity index is 712. The molecule has 1 aromatic carbocycles. The molecule has 1 saturated heterocycles. The van der Waals surface area contributed by atoms with Crippen molar-refractivity contribution in [3.8, 4) is 0 Å². The number of hydrogen-bond acceptors (Lipinski definition) is 3. The number of H-pyrrole nitrogens is 2. The van der Waals surface area contributed by atoms with Gasteiger partial charge in [0.1, 0.15) is 0 Å². The number of nitrogens with zero attached hydrogens (tertiary/aromatic N) is 2. The van der Waals surface area contributed by atoms with Gasteiger partial charge in [-0.15, -0.1) is 0 Å². The van der Waals surface area contributed by atoms with Crippen LogP contribution in [0, 0.1) is 0 Å². The molecule has 22 heavy (non-hydrogen) atoms. The first-order valence-corrected chi connectivity index (χ1v) is 7.67. The van der Waals surface area contributed by atoms with Crippen LogP contribution >= 0.6 is 0 Å². The summed E-state index contributed by atoms with van der Waals surface area (Å²) in [6, 6.07) is 5.90. The molecule has 1 fully saturated rings. The van der Waals surface area contributed by atoms with Crippen molar-refractivity contribution in [1.82, 2.24) is 20.2 Å². The van der Waals surface area contributed by atoms with Crippen molar-refractivity contribution in [3.63, 3.8) is 0 Å². The van der Waals surface area contributed by atoms with Gasteiger partial charge in [0.2, 0.25) is 0 Å². The molecular weight excluding hydrogens is 282 g/mol. The quantitative estimate of drug-likeness (QED) is 0.794. The Morgan fingerprint density at radius 3 is 2.64 bits per heavy atom. The molecule has 7 nitrogen and oxygen atoms in total. The van der Waals surface area contributed by atoms with Crippen LogP contribution in [0.2, 0.25) is 0 Å². The van der Waals surface area contributed by atoms with E-state index in [0.29, 0.717) is 13.1 Å². The van der Waals surface area contributed by atoms with Gasteiger partial charge in [-0.3, -0.25) is 0 Å². The third-order valence-electron chi connectivity index (χ3n) is 3.96. The highest BCUT2D eigenvalue weighted by molar-refractivity contribution is 5.79. The molecule has 2 heterocycles. The number of hydrogen-bond donors (Lipinski definition) is 3. The zero-order valence-corrected chi connectivity index (χ0v) is 12.7. The first-order valence-electron chi connectivity index (χ1n) is 7.67. The van der Waals surface area contributed by atoms with E-state index in [1.165, 1.54) is 0 Å². The fraction of sp³-hybridized carbons (Fsp3) is 0.467. The number of fused-ring (bicyclic) bond motifs is 1. The lowest BCUT2D eigenvalue weighted by molar-refractivity contribution is 0.194. The SMILES string of the molecule is CCCNC(=O)N1CCN(c2ccc3[nH]c(=O)[nH]c3c2)CC1. The van der Waals surface area contributed by atoms with Crippen LogP contribution in [0.1, 0.15) is 13.3 Å². The molecule has 0 radical (unpaired) electrons. The van der Waals surface area contributed by atoms with E-state index in [0.717, 1.165) is 42.8 Å². The van der Waals surface area contributed by atoms with Crippen molar-refractivity contribution in [2.45, 2.75) is 13.3 Å². The predicted molar refractivity (Wildman–Crippen MR) is 86.4 cm³/mol. The van der Waals surface area contributed by atoms with Crippen molar-refractivity contribution in [3.05, 3.63) is 28.7 Å². The van der Waals surface area contributed by atoms with Gasteiger partial charge in [-0.05, 0) is 24.6 Å². The number of carbonyl (C=O) groups excluding carboxylic acids is 1. The number of urea groups is 1. The molecule has 1 aliphatic heterocycles. The summed E-state index contributed by atoms with van der Waals surface area (Å²) in [6.45, 7) is 5.75. The van der Waals surface area contributed by atoms with Gasteiger partial charge in [-0.1, -0.05) is 6.92 Å². The van der Waals surface area contributed by atoms with Crippen LogP contribution in [0.25, 0.3) is 11.0 Å². The van der Waals surface area contributed by atoms with Gasteiger partial charge in [0.05, 0.1) is 11.0 Å². The number of aromatic nitrogens is 2. The van der Waals surface area contributed by atoms with E-state index in [9.17, 15) is 9.59 Å². The summed E-state index contributed by atoms with van der Waals surface area (Å²) in [5.74, 6) is 0. The summed E-state index contributed by atoms with van der Waals surface area (Å²) in [5, 5.41) is 2.91. The average molecular weight is 303 g/mol. The smallest absolute Gasteiger partial charge is 0.323 e. The van der Waals surface area contributed by atoms with E-state index in [1.54, 1.807) is 0 Å². The maximum atomic E-state index is 11.9. The molecule has 0 aliphatic carbocycles. The van der Waals surface area contributed by atoms with Crippen LogP contribution in [0.5, 0.6) is 0 Å². The highest BCUT2D eigenvalue weighted by Gasteiger charge is 2.21. The second kappa shape index (κ2) is 6.13. The molecule has 0 unspecified atom stereocenters. The lowest BCUT2D eigenvalue weighted by atomic mass is 10.2. The topological polar surface area (TPSA) is 84.2 Å². The van der Waals surface area contributed by atoms with Crippen LogP contribution in [-0.2, 0) is 0 Å². The first-order chi connectivity index (χ1) is 10.7.